The molecule has 0 N–H and O–H groups in total. The number of fused-ring (bicyclic) bond motifs is 1. The van der Waals surface area contributed by atoms with Crippen molar-refractivity contribution in [3.8, 4) is 0 Å². The molecule has 2 heterocycles. The van der Waals surface area contributed by atoms with Gasteiger partial charge in [-0.3, -0.25) is 4.40 Å². The van der Waals surface area contributed by atoms with Crippen LogP contribution in [0.1, 0.15) is 37.2 Å². The highest BCUT2D eigenvalue weighted by atomic mass is 15.2. The maximum atomic E-state index is 4.18. The lowest BCUT2D eigenvalue weighted by molar-refractivity contribution is 1.00. The van der Waals surface area contributed by atoms with E-state index in [1.54, 1.807) is 0 Å². The number of hydrogen-bond donors (Lipinski definition) is 0. The molecule has 0 aliphatic heterocycles. The van der Waals surface area contributed by atoms with Crippen LogP contribution in [0.4, 0.5) is 0 Å². The lowest BCUT2D eigenvalue weighted by Gasteiger charge is -2.09. The zero-order valence-corrected chi connectivity index (χ0v) is 10.1. The first-order valence-corrected chi connectivity index (χ1v) is 5.95. The minimum Gasteiger partial charge on any atom is -0.286 e. The van der Waals surface area contributed by atoms with Crippen molar-refractivity contribution in [1.82, 2.24) is 14.6 Å². The van der Waals surface area contributed by atoms with E-state index < -0.39 is 0 Å². The summed E-state index contributed by atoms with van der Waals surface area (Å²) in [5.74, 6) is 0.935. The molecule has 1 aliphatic carbocycles. The average molecular weight is 241 g/mol. The molecule has 0 saturated heterocycles. The van der Waals surface area contributed by atoms with Gasteiger partial charge in [0.05, 0.1) is 0 Å². The van der Waals surface area contributed by atoms with Gasteiger partial charge in [0.25, 0.3) is 0 Å². The summed E-state index contributed by atoms with van der Waals surface area (Å²) in [7, 11) is 0. The van der Waals surface area contributed by atoms with Gasteiger partial charge < -0.3 is 0 Å². The summed E-state index contributed by atoms with van der Waals surface area (Å²) in [6.07, 6.45) is 11.1. The molecule has 2 aromatic rings. The van der Waals surface area contributed by atoms with Gasteiger partial charge in [0.2, 0.25) is 0 Å². The molecule has 0 atom stereocenters. The van der Waals surface area contributed by atoms with Crippen molar-refractivity contribution in [3.63, 3.8) is 0 Å². The van der Waals surface area contributed by atoms with E-state index in [4.69, 9.17) is 0 Å². The Hall–Kier alpha value is -1.90. The van der Waals surface area contributed by atoms with Crippen LogP contribution in [0.15, 0.2) is 30.5 Å². The highest BCUT2D eigenvalue weighted by molar-refractivity contribution is 5.75. The van der Waals surface area contributed by atoms with Gasteiger partial charge in [0.1, 0.15) is 5.82 Å². The van der Waals surface area contributed by atoms with Gasteiger partial charge in [-0.15, -0.1) is 10.2 Å². The van der Waals surface area contributed by atoms with Gasteiger partial charge in [-0.2, -0.15) is 0 Å². The Balaban J connectivity index is 0.00000120. The van der Waals surface area contributed by atoms with Crippen molar-refractivity contribution in [2.75, 3.05) is 0 Å². The van der Waals surface area contributed by atoms with Crippen LogP contribution in [0, 0.1) is 13.8 Å². The zero-order chi connectivity index (χ0) is 11.8. The second-order valence-corrected chi connectivity index (χ2v) is 4.49. The minimum atomic E-state index is 0. The molecule has 0 spiro atoms. The third-order valence-corrected chi connectivity index (χ3v) is 3.19. The quantitative estimate of drug-likeness (QED) is 0.761. The first kappa shape index (κ1) is 12.6. The number of rotatable bonds is 1. The largest absolute Gasteiger partial charge is 0.286 e. The second kappa shape index (κ2) is 4.77. The summed E-state index contributed by atoms with van der Waals surface area (Å²) >= 11 is 0. The summed E-state index contributed by atoms with van der Waals surface area (Å²) in [4.78, 5) is 0. The second-order valence-electron chi connectivity index (χ2n) is 4.49. The normalized spacial score (nSPS) is 14.4. The summed E-state index contributed by atoms with van der Waals surface area (Å²) in [5.41, 5.74) is 4.66. The van der Waals surface area contributed by atoms with E-state index in [0.29, 0.717) is 0 Å². The van der Waals surface area contributed by atoms with E-state index in [-0.39, 0.29) is 7.43 Å². The lowest BCUT2D eigenvalue weighted by Crippen LogP contribution is -1.95. The lowest BCUT2D eigenvalue weighted by atomic mass is 10.00. The zero-order valence-electron chi connectivity index (χ0n) is 10.1. The van der Waals surface area contributed by atoms with Crippen LogP contribution in [0.3, 0.4) is 0 Å². The predicted molar refractivity (Wildman–Crippen MR) is 75.5 cm³/mol. The average Bonchev–Trinajstić information content (AvgIpc) is 2.73. The van der Waals surface area contributed by atoms with Gasteiger partial charge in [-0.1, -0.05) is 25.7 Å². The molecule has 1 aliphatic rings. The highest BCUT2D eigenvalue weighted by Gasteiger charge is 2.08. The summed E-state index contributed by atoms with van der Waals surface area (Å²) in [5, 5.41) is 8.30. The van der Waals surface area contributed by atoms with Crippen LogP contribution in [0.2, 0.25) is 0 Å². The molecule has 18 heavy (non-hydrogen) atoms. The molecule has 0 amide bonds. The number of hydrogen-bond acceptors (Lipinski definition) is 2. The van der Waals surface area contributed by atoms with Crippen molar-refractivity contribution in [2.24, 2.45) is 0 Å². The van der Waals surface area contributed by atoms with Crippen molar-refractivity contribution >= 4 is 11.2 Å². The van der Waals surface area contributed by atoms with Crippen LogP contribution in [0.5, 0.6) is 0 Å². The van der Waals surface area contributed by atoms with Crippen LogP contribution >= 0.6 is 0 Å². The fourth-order valence-corrected chi connectivity index (χ4v) is 2.25. The van der Waals surface area contributed by atoms with Crippen molar-refractivity contribution < 1.29 is 0 Å². The molecule has 0 saturated carbocycles. The minimum absolute atomic E-state index is 0. The third-order valence-electron chi connectivity index (χ3n) is 3.19. The molecule has 94 valence electrons. The van der Waals surface area contributed by atoms with E-state index in [1.165, 1.54) is 16.7 Å². The van der Waals surface area contributed by atoms with Crippen LogP contribution in [-0.2, 0) is 0 Å². The van der Waals surface area contributed by atoms with Crippen LogP contribution < -0.4 is 0 Å². The Morgan fingerprint density at radius 2 is 2.00 bits per heavy atom. The first-order chi connectivity index (χ1) is 8.25. The molecule has 3 nitrogen and oxygen atoms in total. The van der Waals surface area contributed by atoms with Gasteiger partial charge in [-0.25, -0.2) is 0 Å². The molecular weight excluding hydrogens is 222 g/mol. The maximum Gasteiger partial charge on any atom is 0.163 e. The summed E-state index contributed by atoms with van der Waals surface area (Å²) in [6.45, 7) is 4.06. The van der Waals surface area contributed by atoms with E-state index >= 15 is 0 Å². The summed E-state index contributed by atoms with van der Waals surface area (Å²) in [6, 6.07) is 2.19. The van der Waals surface area contributed by atoms with Gasteiger partial charge >= 0.3 is 0 Å². The third kappa shape index (κ3) is 1.96. The standard InChI is InChI=1S/C14H15N3.CH4/c1-10-8-13(12-6-4-3-5-7-12)9-17-11(2)15-16-14(10)17;/h4,6-9H,3,5H2,1-2H3;1H4. The van der Waals surface area contributed by atoms with Crippen molar-refractivity contribution in [1.29, 1.82) is 0 Å². The Morgan fingerprint density at radius 1 is 1.17 bits per heavy atom. The van der Waals surface area contributed by atoms with Crippen molar-refractivity contribution in [3.05, 3.63) is 47.4 Å². The van der Waals surface area contributed by atoms with Crippen molar-refractivity contribution in [2.45, 2.75) is 34.1 Å². The molecular formula is C15H19N3. The van der Waals surface area contributed by atoms with Crippen LogP contribution in [0.25, 0.3) is 11.2 Å². The van der Waals surface area contributed by atoms with E-state index in [2.05, 4.69) is 52.0 Å². The SMILES string of the molecule is C.Cc1cc(C2=CCCC=C2)cn2c(C)nnc12. The maximum absolute atomic E-state index is 4.18. The molecule has 0 radical (unpaired) electrons. The topological polar surface area (TPSA) is 30.2 Å². The van der Waals surface area contributed by atoms with E-state index in [1.807, 2.05) is 6.92 Å². The molecule has 2 aromatic heterocycles. The van der Waals surface area contributed by atoms with Gasteiger partial charge in [-0.05, 0) is 49.5 Å². The number of nitrogens with zero attached hydrogens (tertiary/aromatic N) is 3. The molecule has 0 aromatic carbocycles. The molecule has 0 bridgehead atoms. The predicted octanol–water partition coefficient (Wildman–Crippen LogP) is 3.72. The first-order valence-electron chi connectivity index (χ1n) is 5.95. The smallest absolute Gasteiger partial charge is 0.163 e. The van der Waals surface area contributed by atoms with Gasteiger partial charge in [0.15, 0.2) is 5.65 Å². The fourth-order valence-electron chi connectivity index (χ4n) is 2.25. The van der Waals surface area contributed by atoms with E-state index in [9.17, 15) is 0 Å². The number of aromatic nitrogens is 3. The van der Waals surface area contributed by atoms with Gasteiger partial charge in [0, 0.05) is 6.20 Å². The molecule has 0 fully saturated rings. The number of pyridine rings is 1. The molecule has 3 rings (SSSR count). The Labute approximate surface area is 108 Å². The Bertz CT molecular complexity index is 632. The number of allylic oxidation sites excluding steroid dienone is 4. The molecule has 3 heteroatoms. The van der Waals surface area contributed by atoms with E-state index in [0.717, 1.165) is 24.3 Å². The number of aryl methyl sites for hydroxylation is 2. The highest BCUT2D eigenvalue weighted by Crippen LogP contribution is 2.23. The summed E-state index contributed by atoms with van der Waals surface area (Å²) < 4.78 is 2.06. The monoisotopic (exact) mass is 241 g/mol. The fraction of sp³-hybridized carbons (Fsp3) is 0.333. The Morgan fingerprint density at radius 3 is 2.72 bits per heavy atom. The Kier molecular flexibility index (Phi) is 3.32. The van der Waals surface area contributed by atoms with Crippen LogP contribution in [-0.4, -0.2) is 14.6 Å². The molecule has 0 unspecified atom stereocenters.